The van der Waals surface area contributed by atoms with E-state index in [1.165, 1.54) is 5.56 Å². The molecule has 3 aromatic rings. The van der Waals surface area contributed by atoms with Gasteiger partial charge in [-0.25, -0.2) is 0 Å². The van der Waals surface area contributed by atoms with E-state index < -0.39 is 6.10 Å². The van der Waals surface area contributed by atoms with E-state index in [-0.39, 0.29) is 6.61 Å². The lowest BCUT2D eigenvalue weighted by atomic mass is 10.1. The van der Waals surface area contributed by atoms with Crippen molar-refractivity contribution >= 4 is 0 Å². The third-order valence-corrected chi connectivity index (χ3v) is 5.31. The van der Waals surface area contributed by atoms with Gasteiger partial charge in [0, 0.05) is 19.6 Å². The second-order valence-electron chi connectivity index (χ2n) is 7.94. The maximum atomic E-state index is 10.7. The van der Waals surface area contributed by atoms with Gasteiger partial charge in [0.1, 0.15) is 18.5 Å². The fourth-order valence-corrected chi connectivity index (χ4v) is 3.65. The Balaban J connectivity index is 1.62. The largest absolute Gasteiger partial charge is 0.493 e. The molecule has 0 fully saturated rings. The van der Waals surface area contributed by atoms with Crippen LogP contribution in [0, 0.1) is 6.92 Å². The first kappa shape index (κ1) is 23.6. The van der Waals surface area contributed by atoms with Crippen molar-refractivity contribution in [2.45, 2.75) is 26.0 Å². The van der Waals surface area contributed by atoms with Crippen LogP contribution >= 0.6 is 0 Å². The Labute approximate surface area is 191 Å². The Morgan fingerprint density at radius 1 is 0.844 bits per heavy atom. The monoisotopic (exact) mass is 435 g/mol. The van der Waals surface area contributed by atoms with Crippen LogP contribution in [0.4, 0.5) is 0 Å². The van der Waals surface area contributed by atoms with Gasteiger partial charge >= 0.3 is 0 Å². The molecule has 170 valence electrons. The highest BCUT2D eigenvalue weighted by Gasteiger charge is 2.14. The van der Waals surface area contributed by atoms with E-state index in [2.05, 4.69) is 23.1 Å². The van der Waals surface area contributed by atoms with E-state index in [4.69, 9.17) is 14.2 Å². The van der Waals surface area contributed by atoms with E-state index in [0.29, 0.717) is 6.54 Å². The Morgan fingerprint density at radius 3 is 2.34 bits per heavy atom. The molecule has 0 bridgehead atoms. The molecule has 0 saturated heterocycles. The van der Waals surface area contributed by atoms with Crippen molar-refractivity contribution in [1.29, 1.82) is 0 Å². The Hall–Kier alpha value is -3.02. The second kappa shape index (κ2) is 12.1. The molecular weight excluding hydrogens is 402 g/mol. The highest BCUT2D eigenvalue weighted by atomic mass is 16.5. The Bertz CT molecular complexity index is 961. The summed E-state index contributed by atoms with van der Waals surface area (Å²) in [5, 5.41) is 10.7. The smallest absolute Gasteiger partial charge is 0.160 e. The van der Waals surface area contributed by atoms with Crippen molar-refractivity contribution in [3.63, 3.8) is 0 Å². The van der Waals surface area contributed by atoms with Gasteiger partial charge in [0.2, 0.25) is 0 Å². The molecule has 0 heterocycles. The lowest BCUT2D eigenvalue weighted by Crippen LogP contribution is -2.36. The maximum Gasteiger partial charge on any atom is 0.160 e. The number of hydrogen-bond donors (Lipinski definition) is 1. The molecule has 0 unspecified atom stereocenters. The minimum Gasteiger partial charge on any atom is -0.493 e. The first-order valence-corrected chi connectivity index (χ1v) is 10.9. The SMILES string of the molecule is COc1ccc(CCN(Cc2ccccc2)C[C@H](O)COc2cccc(C)c2)cc1OC. The lowest BCUT2D eigenvalue weighted by Gasteiger charge is -2.25. The van der Waals surface area contributed by atoms with Gasteiger partial charge in [-0.3, -0.25) is 4.90 Å². The number of nitrogens with zero attached hydrogens (tertiary/aromatic N) is 1. The topological polar surface area (TPSA) is 51.2 Å². The van der Waals surface area contributed by atoms with Crippen molar-refractivity contribution in [2.75, 3.05) is 33.9 Å². The summed E-state index contributed by atoms with van der Waals surface area (Å²) in [6.45, 7) is 4.36. The molecular formula is C27H33NO4. The summed E-state index contributed by atoms with van der Waals surface area (Å²) >= 11 is 0. The molecule has 0 aliphatic heterocycles. The van der Waals surface area contributed by atoms with Crippen molar-refractivity contribution in [3.8, 4) is 17.2 Å². The molecule has 0 aliphatic rings. The van der Waals surface area contributed by atoms with Gasteiger partial charge in [-0.2, -0.15) is 0 Å². The highest BCUT2D eigenvalue weighted by molar-refractivity contribution is 5.43. The molecule has 32 heavy (non-hydrogen) atoms. The van der Waals surface area contributed by atoms with E-state index in [1.54, 1.807) is 14.2 Å². The van der Waals surface area contributed by atoms with Crippen LogP contribution in [0.3, 0.4) is 0 Å². The predicted octanol–water partition coefficient (Wildman–Crippen LogP) is 4.50. The fraction of sp³-hybridized carbons (Fsp3) is 0.333. The van der Waals surface area contributed by atoms with Gasteiger partial charge in [0.25, 0.3) is 0 Å². The molecule has 1 N–H and O–H groups in total. The molecule has 0 radical (unpaired) electrons. The average molecular weight is 436 g/mol. The van der Waals surface area contributed by atoms with E-state index >= 15 is 0 Å². The van der Waals surface area contributed by atoms with Gasteiger partial charge in [-0.1, -0.05) is 48.5 Å². The lowest BCUT2D eigenvalue weighted by molar-refractivity contribution is 0.0659. The third-order valence-electron chi connectivity index (χ3n) is 5.31. The molecule has 0 aliphatic carbocycles. The van der Waals surface area contributed by atoms with Gasteiger partial charge in [0.05, 0.1) is 14.2 Å². The van der Waals surface area contributed by atoms with Crippen LogP contribution in [0.1, 0.15) is 16.7 Å². The van der Waals surface area contributed by atoms with Crippen LogP contribution in [0.5, 0.6) is 17.2 Å². The maximum absolute atomic E-state index is 10.7. The second-order valence-corrected chi connectivity index (χ2v) is 7.94. The predicted molar refractivity (Wildman–Crippen MR) is 128 cm³/mol. The molecule has 0 spiro atoms. The van der Waals surface area contributed by atoms with Crippen LogP contribution in [0.2, 0.25) is 0 Å². The molecule has 5 heteroatoms. The van der Waals surface area contributed by atoms with Crippen LogP contribution < -0.4 is 14.2 Å². The zero-order chi connectivity index (χ0) is 22.8. The number of ether oxygens (including phenoxy) is 3. The van der Waals surface area contributed by atoms with Gasteiger partial charge in [0.15, 0.2) is 11.5 Å². The van der Waals surface area contributed by atoms with Crippen LogP contribution in [0.15, 0.2) is 72.8 Å². The van der Waals surface area contributed by atoms with Crippen LogP contribution in [-0.2, 0) is 13.0 Å². The molecule has 3 aromatic carbocycles. The number of aliphatic hydroxyl groups excluding tert-OH is 1. The summed E-state index contributed by atoms with van der Waals surface area (Å²) in [7, 11) is 3.28. The van der Waals surface area contributed by atoms with Crippen molar-refractivity contribution in [1.82, 2.24) is 4.90 Å². The number of methoxy groups -OCH3 is 2. The fourth-order valence-electron chi connectivity index (χ4n) is 3.65. The number of aryl methyl sites for hydroxylation is 1. The van der Waals surface area contributed by atoms with E-state index in [0.717, 1.165) is 47.9 Å². The normalized spacial score (nSPS) is 11.9. The molecule has 1 atom stereocenters. The summed E-state index contributed by atoms with van der Waals surface area (Å²) in [6, 6.07) is 24.2. The Kier molecular flexibility index (Phi) is 8.96. The number of aliphatic hydroxyl groups is 1. The molecule has 0 saturated carbocycles. The van der Waals surface area contributed by atoms with Crippen molar-refractivity contribution in [3.05, 3.63) is 89.5 Å². The average Bonchev–Trinajstić information content (AvgIpc) is 2.81. The Morgan fingerprint density at radius 2 is 1.62 bits per heavy atom. The first-order chi connectivity index (χ1) is 15.6. The van der Waals surface area contributed by atoms with Gasteiger partial charge in [-0.05, 0) is 54.3 Å². The van der Waals surface area contributed by atoms with Crippen LogP contribution in [0.25, 0.3) is 0 Å². The third kappa shape index (κ3) is 7.29. The van der Waals surface area contributed by atoms with Gasteiger partial charge in [-0.15, -0.1) is 0 Å². The van der Waals surface area contributed by atoms with Crippen molar-refractivity contribution in [2.24, 2.45) is 0 Å². The summed E-state index contributed by atoms with van der Waals surface area (Å²) in [5.74, 6) is 2.23. The minimum absolute atomic E-state index is 0.255. The van der Waals surface area contributed by atoms with E-state index in [9.17, 15) is 5.11 Å². The molecule has 3 rings (SSSR count). The zero-order valence-electron chi connectivity index (χ0n) is 19.2. The molecule has 5 nitrogen and oxygen atoms in total. The number of hydrogen-bond acceptors (Lipinski definition) is 5. The highest BCUT2D eigenvalue weighted by Crippen LogP contribution is 2.27. The van der Waals surface area contributed by atoms with E-state index in [1.807, 2.05) is 61.5 Å². The summed E-state index contributed by atoms with van der Waals surface area (Å²) in [5.41, 5.74) is 3.51. The van der Waals surface area contributed by atoms with Crippen molar-refractivity contribution < 1.29 is 19.3 Å². The quantitative estimate of drug-likeness (QED) is 0.454. The van der Waals surface area contributed by atoms with Gasteiger partial charge < -0.3 is 19.3 Å². The standard InChI is InChI=1S/C27H33NO4/c1-21-8-7-11-25(16-21)32-20-24(29)19-28(18-23-9-5-4-6-10-23)15-14-22-12-13-26(30-2)27(17-22)31-3/h4-13,16-17,24,29H,14-15,18-20H2,1-3H3/t24-/m0/s1. The summed E-state index contributed by atoms with van der Waals surface area (Å²) in [4.78, 5) is 2.26. The summed E-state index contributed by atoms with van der Waals surface area (Å²) < 4.78 is 16.6. The number of benzene rings is 3. The van der Waals surface area contributed by atoms with Crippen LogP contribution in [-0.4, -0.2) is 50.0 Å². The zero-order valence-corrected chi connectivity index (χ0v) is 19.2. The minimum atomic E-state index is -0.593. The number of rotatable bonds is 12. The first-order valence-electron chi connectivity index (χ1n) is 10.9. The molecule has 0 aromatic heterocycles. The summed E-state index contributed by atoms with van der Waals surface area (Å²) in [6.07, 6.45) is 0.239. The molecule has 0 amide bonds.